The molecule has 0 heterocycles. The van der Waals surface area contributed by atoms with Crippen LogP contribution in [0.1, 0.15) is 6.92 Å². The zero-order valence-electron chi connectivity index (χ0n) is 8.23. The molecule has 11 heteroatoms. The Morgan fingerprint density at radius 2 is 1.11 bits per heavy atom. The van der Waals surface area contributed by atoms with Crippen molar-refractivity contribution < 1.29 is 48.3 Å². The lowest BCUT2D eigenvalue weighted by Gasteiger charge is -2.36. The maximum Gasteiger partial charge on any atom is 0.385 e. The van der Waals surface area contributed by atoms with Gasteiger partial charge in [-0.05, 0) is 6.92 Å². The third-order valence-electron chi connectivity index (χ3n) is 1.94. The molecule has 0 aromatic rings. The summed E-state index contributed by atoms with van der Waals surface area (Å²) in [4.78, 5) is 0. The van der Waals surface area contributed by atoms with Crippen LogP contribution in [0.4, 0.5) is 48.3 Å². The molecule has 1 atom stereocenters. The molecule has 0 saturated heterocycles. The fourth-order valence-corrected chi connectivity index (χ4v) is 0.775. The molecule has 0 N–H and O–H groups in total. The summed E-state index contributed by atoms with van der Waals surface area (Å²) in [6.07, 6.45) is -8.45. The molecule has 0 aliphatic rings. The fraction of sp³-hybridized carbons (Fsp3) is 0.857. The fourth-order valence-electron chi connectivity index (χ4n) is 0.775. The van der Waals surface area contributed by atoms with Crippen molar-refractivity contribution in [3.05, 3.63) is 6.43 Å². The quantitative estimate of drug-likeness (QED) is 0.663. The van der Waals surface area contributed by atoms with Gasteiger partial charge in [0.2, 0.25) is 0 Å². The summed E-state index contributed by atoms with van der Waals surface area (Å²) in [5.74, 6) is -27.3. The Labute approximate surface area is 92.7 Å². The molecule has 0 saturated carbocycles. The monoisotopic (exact) mass is 297 g/mol. The van der Waals surface area contributed by atoms with Crippen LogP contribution in [-0.2, 0) is 0 Å². The maximum atomic E-state index is 12.5. The molecule has 0 fully saturated rings. The molecule has 0 aliphatic heterocycles. The van der Waals surface area contributed by atoms with Gasteiger partial charge in [0.05, 0.1) is 0 Å². The van der Waals surface area contributed by atoms with E-state index in [1.54, 1.807) is 0 Å². The Bertz CT molecular complexity index is 262. The van der Waals surface area contributed by atoms with E-state index < -0.39 is 36.3 Å². The van der Waals surface area contributed by atoms with E-state index in [2.05, 4.69) is 0 Å². The number of hydrogen-bond acceptors (Lipinski definition) is 0. The number of halogens is 11. The van der Waals surface area contributed by atoms with Gasteiger partial charge in [0.1, 0.15) is 0 Å². The van der Waals surface area contributed by atoms with Gasteiger partial charge in [-0.2, -0.15) is 43.9 Å². The van der Waals surface area contributed by atoms with E-state index in [4.69, 9.17) is 0 Å². The molecule has 0 amide bonds. The second-order valence-corrected chi connectivity index (χ2v) is 3.22. The molecular formula is C7H4F11. The summed E-state index contributed by atoms with van der Waals surface area (Å²) in [7, 11) is 0. The summed E-state index contributed by atoms with van der Waals surface area (Å²) in [6.45, 7) is -0.308. The van der Waals surface area contributed by atoms with Gasteiger partial charge in [0, 0.05) is 0 Å². The first-order valence-corrected chi connectivity index (χ1v) is 3.97. The van der Waals surface area contributed by atoms with E-state index in [-0.39, 0.29) is 6.92 Å². The van der Waals surface area contributed by atoms with Crippen LogP contribution in [0.2, 0.25) is 0 Å². The highest BCUT2D eigenvalue weighted by molar-refractivity contribution is 5.09. The van der Waals surface area contributed by atoms with Crippen molar-refractivity contribution in [2.24, 2.45) is 0 Å². The van der Waals surface area contributed by atoms with E-state index in [0.29, 0.717) is 0 Å². The second-order valence-electron chi connectivity index (χ2n) is 3.22. The van der Waals surface area contributed by atoms with Gasteiger partial charge in [-0.3, -0.25) is 0 Å². The summed E-state index contributed by atoms with van der Waals surface area (Å²) >= 11 is 0. The van der Waals surface area contributed by atoms with Gasteiger partial charge < -0.3 is 0 Å². The largest absolute Gasteiger partial charge is 0.385 e. The minimum Gasteiger partial charge on any atom is -0.241 e. The van der Waals surface area contributed by atoms with Crippen LogP contribution in [-0.4, -0.2) is 29.9 Å². The Hall–Kier alpha value is -0.770. The normalized spacial score (nSPS) is 17.2. The lowest BCUT2D eigenvalue weighted by molar-refractivity contribution is -0.378. The highest BCUT2D eigenvalue weighted by atomic mass is 19.4. The molecule has 0 aromatic carbocycles. The summed E-state index contributed by atoms with van der Waals surface area (Å²) in [5, 5.41) is 0. The Kier molecular flexibility index (Phi) is 4.22. The van der Waals surface area contributed by atoms with E-state index in [1.807, 2.05) is 0 Å². The van der Waals surface area contributed by atoms with Gasteiger partial charge in [-0.25, -0.2) is 4.39 Å². The third kappa shape index (κ3) is 2.11. The van der Waals surface area contributed by atoms with E-state index >= 15 is 0 Å². The van der Waals surface area contributed by atoms with Crippen molar-refractivity contribution in [2.75, 3.05) is 0 Å². The van der Waals surface area contributed by atoms with Crippen LogP contribution >= 0.6 is 0 Å². The molecule has 0 bridgehead atoms. The molecule has 0 rings (SSSR count). The first-order chi connectivity index (χ1) is 7.64. The van der Waals surface area contributed by atoms with Crippen LogP contribution in [0.5, 0.6) is 0 Å². The Balaban J connectivity index is 5.74. The second kappa shape index (κ2) is 4.41. The summed E-state index contributed by atoms with van der Waals surface area (Å²) < 4.78 is 134. The molecule has 0 nitrogen and oxygen atoms in total. The Morgan fingerprint density at radius 1 is 0.778 bits per heavy atom. The van der Waals surface area contributed by atoms with Gasteiger partial charge in [-0.1, -0.05) is 0 Å². The van der Waals surface area contributed by atoms with Crippen molar-refractivity contribution in [1.82, 2.24) is 0 Å². The molecule has 0 aromatic heterocycles. The van der Waals surface area contributed by atoms with Gasteiger partial charge in [-0.15, -0.1) is 0 Å². The molecular weight excluding hydrogens is 293 g/mol. The van der Waals surface area contributed by atoms with Crippen LogP contribution in [0, 0.1) is 6.43 Å². The standard InChI is InChI=1S/C7H4F11/c1-2(8)4(11,12)6(15,16)7(17,18)5(13,14)3(9)10/h2H,1H3. The zero-order valence-corrected chi connectivity index (χ0v) is 8.23. The highest BCUT2D eigenvalue weighted by Gasteiger charge is 2.84. The minimum absolute atomic E-state index is 0.308. The molecule has 109 valence electrons. The lowest BCUT2D eigenvalue weighted by atomic mass is 9.96. The first kappa shape index (κ1) is 17.2. The van der Waals surface area contributed by atoms with Crippen LogP contribution in [0.3, 0.4) is 0 Å². The molecule has 0 aliphatic carbocycles. The first-order valence-electron chi connectivity index (χ1n) is 3.97. The van der Waals surface area contributed by atoms with E-state index in [0.717, 1.165) is 0 Å². The number of hydrogen-bond donors (Lipinski definition) is 0. The smallest absolute Gasteiger partial charge is 0.241 e. The van der Waals surface area contributed by atoms with Crippen molar-refractivity contribution >= 4 is 0 Å². The summed E-state index contributed by atoms with van der Waals surface area (Å²) in [6, 6.07) is 0. The van der Waals surface area contributed by atoms with Gasteiger partial charge in [0.15, 0.2) is 6.17 Å². The SMILES string of the molecule is CC(F)C(F)(F)C(F)(F)C(F)(F)C(F)(F)[C](F)F. The van der Waals surface area contributed by atoms with Crippen molar-refractivity contribution in [3.8, 4) is 0 Å². The van der Waals surface area contributed by atoms with Gasteiger partial charge in [0.25, 0.3) is 0 Å². The van der Waals surface area contributed by atoms with Crippen molar-refractivity contribution in [3.63, 3.8) is 0 Å². The predicted octanol–water partition coefficient (Wildman–Crippen LogP) is 4.31. The Morgan fingerprint density at radius 3 is 1.33 bits per heavy atom. The average Bonchev–Trinajstić information content (AvgIpc) is 2.15. The third-order valence-corrected chi connectivity index (χ3v) is 1.94. The zero-order chi connectivity index (χ0) is 15.2. The maximum absolute atomic E-state index is 12.5. The van der Waals surface area contributed by atoms with Crippen LogP contribution < -0.4 is 0 Å². The van der Waals surface area contributed by atoms with Crippen molar-refractivity contribution in [2.45, 2.75) is 36.8 Å². The van der Waals surface area contributed by atoms with Crippen LogP contribution in [0.25, 0.3) is 0 Å². The number of alkyl halides is 9. The molecule has 1 radical (unpaired) electrons. The minimum atomic E-state index is -7.16. The molecule has 0 spiro atoms. The molecule has 18 heavy (non-hydrogen) atoms. The van der Waals surface area contributed by atoms with E-state index in [9.17, 15) is 48.3 Å². The van der Waals surface area contributed by atoms with Gasteiger partial charge >= 0.3 is 30.1 Å². The topological polar surface area (TPSA) is 0 Å². The summed E-state index contributed by atoms with van der Waals surface area (Å²) in [5.41, 5.74) is 0. The van der Waals surface area contributed by atoms with Crippen molar-refractivity contribution in [1.29, 1.82) is 0 Å². The average molecular weight is 297 g/mol. The highest BCUT2D eigenvalue weighted by Crippen LogP contribution is 2.56. The lowest BCUT2D eigenvalue weighted by Crippen LogP contribution is -2.65. The number of rotatable bonds is 5. The molecule has 1 unspecified atom stereocenters. The van der Waals surface area contributed by atoms with Crippen LogP contribution in [0.15, 0.2) is 0 Å². The van der Waals surface area contributed by atoms with E-state index in [1.165, 1.54) is 0 Å². The predicted molar refractivity (Wildman–Crippen MR) is 35.8 cm³/mol.